The van der Waals surface area contributed by atoms with Gasteiger partial charge in [0.2, 0.25) is 0 Å². The monoisotopic (exact) mass is 496 g/mol. The number of ether oxygens (including phenoxy) is 3. The summed E-state index contributed by atoms with van der Waals surface area (Å²) in [4.78, 5) is 24.9. The molecule has 0 saturated carbocycles. The predicted molar refractivity (Wildman–Crippen MR) is 126 cm³/mol. The minimum absolute atomic E-state index is 0.270. The topological polar surface area (TPSA) is 61.8 Å². The Bertz CT molecular complexity index is 1050. The number of carbonyl (C=O) groups is 2. The highest BCUT2D eigenvalue weighted by Crippen LogP contribution is 2.27. The van der Waals surface area contributed by atoms with Gasteiger partial charge in [-0.05, 0) is 64.3 Å². The maximum absolute atomic E-state index is 12.5. The first kappa shape index (κ1) is 23.5. The molecule has 0 aliphatic rings. The second-order valence-electron chi connectivity index (χ2n) is 7.14. The summed E-state index contributed by atoms with van der Waals surface area (Å²) in [6.07, 6.45) is 2.64. The Labute approximate surface area is 196 Å². The molecule has 6 heteroatoms. The highest BCUT2D eigenvalue weighted by atomic mass is 79.9. The fraction of sp³-hybridized carbons (Fsp3) is 0.231. The molecule has 0 aliphatic carbocycles. The maximum Gasteiger partial charge on any atom is 0.343 e. The van der Waals surface area contributed by atoms with E-state index in [4.69, 9.17) is 14.2 Å². The van der Waals surface area contributed by atoms with Gasteiger partial charge >= 0.3 is 11.9 Å². The fourth-order valence-corrected chi connectivity index (χ4v) is 3.41. The summed E-state index contributed by atoms with van der Waals surface area (Å²) in [7, 11) is 0. The molecule has 0 heterocycles. The molecule has 0 aromatic heterocycles. The fourth-order valence-electron chi connectivity index (χ4n) is 2.91. The van der Waals surface area contributed by atoms with E-state index in [-0.39, 0.29) is 12.4 Å². The minimum Gasteiger partial charge on any atom is -0.492 e. The van der Waals surface area contributed by atoms with Crippen LogP contribution in [0.4, 0.5) is 0 Å². The molecule has 0 radical (unpaired) electrons. The average molecular weight is 497 g/mol. The van der Waals surface area contributed by atoms with Gasteiger partial charge < -0.3 is 14.2 Å². The molecule has 0 bridgehead atoms. The van der Waals surface area contributed by atoms with Gasteiger partial charge in [-0.3, -0.25) is 0 Å². The van der Waals surface area contributed by atoms with Crippen LogP contribution in [0.25, 0.3) is 0 Å². The van der Waals surface area contributed by atoms with Crippen LogP contribution >= 0.6 is 15.9 Å². The number of rotatable bonds is 10. The smallest absolute Gasteiger partial charge is 0.343 e. The number of carbonyl (C=O) groups excluding carboxylic acids is 2. The van der Waals surface area contributed by atoms with Crippen molar-refractivity contribution in [3.8, 4) is 11.5 Å². The van der Waals surface area contributed by atoms with Gasteiger partial charge in [0.15, 0.2) is 0 Å². The lowest BCUT2D eigenvalue weighted by Gasteiger charge is -2.10. The Morgan fingerprint density at radius 2 is 1.62 bits per heavy atom. The summed E-state index contributed by atoms with van der Waals surface area (Å²) in [5, 5.41) is 0. The zero-order valence-electron chi connectivity index (χ0n) is 17.9. The highest BCUT2D eigenvalue weighted by Gasteiger charge is 2.14. The molecule has 3 aromatic rings. The first-order chi connectivity index (χ1) is 15.6. The van der Waals surface area contributed by atoms with Crippen molar-refractivity contribution in [2.24, 2.45) is 0 Å². The number of hydrogen-bond acceptors (Lipinski definition) is 5. The van der Waals surface area contributed by atoms with Crippen LogP contribution in [-0.4, -0.2) is 25.2 Å². The van der Waals surface area contributed by atoms with Crippen molar-refractivity contribution in [1.82, 2.24) is 0 Å². The molecule has 5 nitrogen and oxygen atoms in total. The second kappa shape index (κ2) is 12.1. The van der Waals surface area contributed by atoms with Crippen molar-refractivity contribution in [2.75, 3.05) is 13.2 Å². The van der Waals surface area contributed by atoms with Crippen molar-refractivity contribution >= 4 is 27.9 Å². The van der Waals surface area contributed by atoms with Gasteiger partial charge in [-0.15, -0.1) is 0 Å². The molecule has 0 N–H and O–H groups in total. The van der Waals surface area contributed by atoms with E-state index in [0.717, 1.165) is 18.4 Å². The number of halogens is 1. The van der Waals surface area contributed by atoms with Crippen LogP contribution in [0, 0.1) is 0 Å². The Hall–Kier alpha value is -3.12. The van der Waals surface area contributed by atoms with E-state index in [9.17, 15) is 9.59 Å². The van der Waals surface area contributed by atoms with Crippen LogP contribution in [0.3, 0.4) is 0 Å². The number of unbranched alkanes of at least 4 members (excludes halogenated alkanes) is 1. The lowest BCUT2D eigenvalue weighted by atomic mass is 10.2. The Morgan fingerprint density at radius 3 is 2.38 bits per heavy atom. The summed E-state index contributed by atoms with van der Waals surface area (Å²) in [5.41, 5.74) is 1.79. The molecule has 166 valence electrons. The number of esters is 2. The largest absolute Gasteiger partial charge is 0.492 e. The third-order valence-electron chi connectivity index (χ3n) is 4.67. The molecule has 3 aromatic carbocycles. The molecule has 0 aliphatic heterocycles. The van der Waals surface area contributed by atoms with Gasteiger partial charge in [-0.2, -0.15) is 0 Å². The molecule has 0 saturated heterocycles. The Kier molecular flexibility index (Phi) is 8.87. The molecule has 32 heavy (non-hydrogen) atoms. The van der Waals surface area contributed by atoms with E-state index in [1.807, 2.05) is 30.3 Å². The van der Waals surface area contributed by atoms with E-state index in [0.29, 0.717) is 34.4 Å². The average Bonchev–Trinajstić information content (AvgIpc) is 2.81. The first-order valence-corrected chi connectivity index (χ1v) is 11.3. The normalized spacial score (nSPS) is 10.4. The minimum atomic E-state index is -0.527. The lowest BCUT2D eigenvalue weighted by Crippen LogP contribution is -2.11. The molecule has 0 fully saturated rings. The van der Waals surface area contributed by atoms with E-state index in [1.54, 1.807) is 36.4 Å². The molecule has 0 unspecified atom stereocenters. The van der Waals surface area contributed by atoms with Crippen LogP contribution in [0.5, 0.6) is 11.5 Å². The zero-order chi connectivity index (χ0) is 22.8. The molecule has 3 rings (SSSR count). The van der Waals surface area contributed by atoms with E-state index in [2.05, 4.69) is 22.9 Å². The van der Waals surface area contributed by atoms with Crippen molar-refractivity contribution in [2.45, 2.75) is 26.2 Å². The molecule has 0 spiro atoms. The van der Waals surface area contributed by atoms with Crippen LogP contribution in [-0.2, 0) is 11.2 Å². The number of hydrogen-bond donors (Lipinski definition) is 0. The lowest BCUT2D eigenvalue weighted by molar-refractivity contribution is 0.0507. The van der Waals surface area contributed by atoms with Crippen LogP contribution in [0.15, 0.2) is 77.3 Å². The third-order valence-corrected chi connectivity index (χ3v) is 5.29. The van der Waals surface area contributed by atoms with Gasteiger partial charge in [-0.1, -0.05) is 49.7 Å². The van der Waals surface area contributed by atoms with Crippen molar-refractivity contribution < 1.29 is 23.8 Å². The van der Waals surface area contributed by atoms with Crippen LogP contribution in [0.2, 0.25) is 0 Å². The van der Waals surface area contributed by atoms with Crippen molar-refractivity contribution in [3.63, 3.8) is 0 Å². The van der Waals surface area contributed by atoms with E-state index < -0.39 is 11.9 Å². The molecular formula is C26H25BrO5. The predicted octanol–water partition coefficient (Wildman–Crippen LogP) is 6.25. The number of benzene rings is 3. The standard InChI is InChI=1S/C26H25BrO5/c1-2-3-15-30-24-13-12-21(18-23(24)27)26(29)32-22-11-7-10-20(17-22)25(28)31-16-14-19-8-5-4-6-9-19/h4-13,17-18H,2-3,14-16H2,1H3. The first-order valence-electron chi connectivity index (χ1n) is 10.5. The SMILES string of the molecule is CCCCOc1ccc(C(=O)Oc2cccc(C(=O)OCCc3ccccc3)c2)cc1Br. The third kappa shape index (κ3) is 6.95. The summed E-state index contributed by atoms with van der Waals surface area (Å²) < 4.78 is 17.2. The van der Waals surface area contributed by atoms with Gasteiger partial charge in [-0.25, -0.2) is 9.59 Å². The van der Waals surface area contributed by atoms with Gasteiger partial charge in [0.25, 0.3) is 0 Å². The Morgan fingerprint density at radius 1 is 0.844 bits per heavy atom. The zero-order valence-corrected chi connectivity index (χ0v) is 19.5. The van der Waals surface area contributed by atoms with Crippen LogP contribution < -0.4 is 9.47 Å². The van der Waals surface area contributed by atoms with Gasteiger partial charge in [0.1, 0.15) is 11.5 Å². The summed E-state index contributed by atoms with van der Waals surface area (Å²) in [5.74, 6) is -0.0438. The van der Waals surface area contributed by atoms with Crippen LogP contribution in [0.1, 0.15) is 46.0 Å². The molecule has 0 amide bonds. The molecular weight excluding hydrogens is 472 g/mol. The molecule has 0 atom stereocenters. The van der Waals surface area contributed by atoms with Crippen molar-refractivity contribution in [1.29, 1.82) is 0 Å². The Balaban J connectivity index is 1.57. The van der Waals surface area contributed by atoms with Gasteiger partial charge in [0.05, 0.1) is 28.8 Å². The summed E-state index contributed by atoms with van der Waals surface area (Å²) >= 11 is 3.43. The maximum atomic E-state index is 12.5. The quantitative estimate of drug-likeness (QED) is 0.188. The summed E-state index contributed by atoms with van der Waals surface area (Å²) in [6.45, 7) is 2.98. The van der Waals surface area contributed by atoms with E-state index >= 15 is 0 Å². The van der Waals surface area contributed by atoms with Crippen molar-refractivity contribution in [3.05, 3.63) is 94.0 Å². The summed E-state index contributed by atoms with van der Waals surface area (Å²) in [6, 6.07) is 21.2. The second-order valence-corrected chi connectivity index (χ2v) is 7.99. The highest BCUT2D eigenvalue weighted by molar-refractivity contribution is 9.10. The van der Waals surface area contributed by atoms with Gasteiger partial charge in [0, 0.05) is 6.42 Å². The van der Waals surface area contributed by atoms with E-state index in [1.165, 1.54) is 6.07 Å².